The topological polar surface area (TPSA) is 23.6 Å². The van der Waals surface area contributed by atoms with Crippen molar-refractivity contribution in [2.75, 3.05) is 26.7 Å². The third-order valence-corrected chi connectivity index (χ3v) is 3.43. The van der Waals surface area contributed by atoms with Crippen LogP contribution in [0.1, 0.15) is 32.3 Å². The lowest BCUT2D eigenvalue weighted by Crippen LogP contribution is -2.38. The first-order chi connectivity index (χ1) is 9.58. The van der Waals surface area contributed by atoms with Crippen molar-refractivity contribution < 1.29 is 9.18 Å². The van der Waals surface area contributed by atoms with Crippen molar-refractivity contribution in [3.8, 4) is 0 Å². The summed E-state index contributed by atoms with van der Waals surface area (Å²) in [6.07, 6.45) is 2.22. The molecule has 0 fully saturated rings. The van der Waals surface area contributed by atoms with Crippen molar-refractivity contribution >= 4 is 5.91 Å². The monoisotopic (exact) mass is 280 g/mol. The Balaban J connectivity index is 2.52. The maximum Gasteiger partial charge on any atom is 0.236 e. The van der Waals surface area contributed by atoms with Gasteiger partial charge >= 0.3 is 0 Å². The Morgan fingerprint density at radius 3 is 2.55 bits per heavy atom. The predicted molar refractivity (Wildman–Crippen MR) is 79.9 cm³/mol. The molecule has 20 heavy (non-hydrogen) atoms. The summed E-state index contributed by atoms with van der Waals surface area (Å²) < 4.78 is 13.6. The van der Waals surface area contributed by atoms with Gasteiger partial charge in [-0.05, 0) is 25.6 Å². The van der Waals surface area contributed by atoms with E-state index in [2.05, 4.69) is 18.7 Å². The molecular weight excluding hydrogens is 255 g/mol. The molecule has 1 aromatic carbocycles. The number of halogens is 1. The van der Waals surface area contributed by atoms with Gasteiger partial charge in [-0.25, -0.2) is 4.39 Å². The Morgan fingerprint density at radius 2 is 1.95 bits per heavy atom. The number of carbonyl (C=O) groups is 1. The van der Waals surface area contributed by atoms with Crippen LogP contribution in [0.3, 0.4) is 0 Å². The zero-order chi connectivity index (χ0) is 15.0. The molecule has 0 saturated heterocycles. The summed E-state index contributed by atoms with van der Waals surface area (Å²) in [6, 6.07) is 6.58. The van der Waals surface area contributed by atoms with E-state index in [4.69, 9.17) is 0 Å². The van der Waals surface area contributed by atoms with Crippen molar-refractivity contribution in [1.29, 1.82) is 0 Å². The molecule has 0 aliphatic heterocycles. The van der Waals surface area contributed by atoms with Crippen LogP contribution in [0.4, 0.5) is 4.39 Å². The highest BCUT2D eigenvalue weighted by Gasteiger charge is 2.14. The third-order valence-electron chi connectivity index (χ3n) is 3.43. The minimum absolute atomic E-state index is 0.0335. The second-order valence-corrected chi connectivity index (χ2v) is 5.06. The maximum absolute atomic E-state index is 13.6. The summed E-state index contributed by atoms with van der Waals surface area (Å²) in [5.41, 5.74) is 0.556. The molecule has 0 aliphatic rings. The van der Waals surface area contributed by atoms with Crippen LogP contribution in [0.2, 0.25) is 0 Å². The van der Waals surface area contributed by atoms with E-state index in [1.807, 2.05) is 0 Å². The number of carbonyl (C=O) groups excluding carboxylic acids is 1. The van der Waals surface area contributed by atoms with Crippen LogP contribution in [-0.2, 0) is 11.3 Å². The average molecular weight is 280 g/mol. The van der Waals surface area contributed by atoms with Crippen LogP contribution in [0.15, 0.2) is 24.3 Å². The lowest BCUT2D eigenvalue weighted by molar-refractivity contribution is -0.131. The van der Waals surface area contributed by atoms with Crippen LogP contribution in [0.25, 0.3) is 0 Å². The first-order valence-corrected chi connectivity index (χ1v) is 7.28. The molecule has 0 bridgehead atoms. The van der Waals surface area contributed by atoms with Crippen LogP contribution < -0.4 is 0 Å². The first-order valence-electron chi connectivity index (χ1n) is 7.28. The van der Waals surface area contributed by atoms with Gasteiger partial charge in [-0.15, -0.1) is 0 Å². The first kappa shape index (κ1) is 16.6. The van der Waals surface area contributed by atoms with Gasteiger partial charge in [-0.3, -0.25) is 9.69 Å². The Labute approximate surface area is 121 Å². The maximum atomic E-state index is 13.6. The number of amides is 1. The summed E-state index contributed by atoms with van der Waals surface area (Å²) in [6.45, 7) is 6.71. The predicted octanol–water partition coefficient (Wildman–Crippen LogP) is 2.91. The fourth-order valence-corrected chi connectivity index (χ4v) is 2.01. The van der Waals surface area contributed by atoms with Crippen molar-refractivity contribution in [2.24, 2.45) is 0 Å². The second kappa shape index (κ2) is 8.69. The molecule has 0 aromatic heterocycles. The number of rotatable bonds is 8. The van der Waals surface area contributed by atoms with Gasteiger partial charge in [-0.1, -0.05) is 38.5 Å². The van der Waals surface area contributed by atoms with Crippen LogP contribution >= 0.6 is 0 Å². The molecule has 0 atom stereocenters. The number of hydrogen-bond acceptors (Lipinski definition) is 2. The minimum Gasteiger partial charge on any atom is -0.340 e. The minimum atomic E-state index is -0.259. The highest BCUT2D eigenvalue weighted by molar-refractivity contribution is 5.78. The van der Waals surface area contributed by atoms with Gasteiger partial charge < -0.3 is 4.90 Å². The summed E-state index contributed by atoms with van der Waals surface area (Å²) in [4.78, 5) is 15.9. The Kier molecular flexibility index (Phi) is 7.23. The summed E-state index contributed by atoms with van der Waals surface area (Å²) in [7, 11) is 1.72. The summed E-state index contributed by atoms with van der Waals surface area (Å²) >= 11 is 0. The van der Waals surface area contributed by atoms with E-state index in [1.165, 1.54) is 6.07 Å². The van der Waals surface area contributed by atoms with Crippen LogP contribution in [-0.4, -0.2) is 42.4 Å². The van der Waals surface area contributed by atoms with Gasteiger partial charge in [0.1, 0.15) is 5.82 Å². The van der Waals surface area contributed by atoms with Gasteiger partial charge in [-0.2, -0.15) is 0 Å². The van der Waals surface area contributed by atoms with Crippen LogP contribution in [0, 0.1) is 5.82 Å². The molecule has 0 unspecified atom stereocenters. The Bertz CT molecular complexity index is 423. The van der Waals surface area contributed by atoms with Crippen molar-refractivity contribution in [3.05, 3.63) is 35.6 Å². The number of likely N-dealkylation sites (N-methyl/N-ethyl adjacent to an activating group) is 2. The molecule has 1 amide bonds. The molecule has 4 heteroatoms. The van der Waals surface area contributed by atoms with E-state index < -0.39 is 0 Å². The Morgan fingerprint density at radius 1 is 1.25 bits per heavy atom. The molecule has 1 rings (SSSR count). The zero-order valence-electron chi connectivity index (χ0n) is 12.7. The van der Waals surface area contributed by atoms with Gasteiger partial charge in [0.25, 0.3) is 0 Å². The van der Waals surface area contributed by atoms with Crippen molar-refractivity contribution in [1.82, 2.24) is 9.80 Å². The van der Waals surface area contributed by atoms with E-state index in [0.717, 1.165) is 25.9 Å². The normalized spacial score (nSPS) is 10.8. The number of benzene rings is 1. The fourth-order valence-electron chi connectivity index (χ4n) is 2.01. The van der Waals surface area contributed by atoms with E-state index >= 15 is 0 Å². The molecule has 3 nitrogen and oxygen atoms in total. The van der Waals surface area contributed by atoms with Gasteiger partial charge in [0.2, 0.25) is 5.91 Å². The Hall–Kier alpha value is -1.42. The fraction of sp³-hybridized carbons (Fsp3) is 0.562. The lowest BCUT2D eigenvalue weighted by Gasteiger charge is -2.24. The highest BCUT2D eigenvalue weighted by atomic mass is 19.1. The van der Waals surface area contributed by atoms with Gasteiger partial charge in [0.05, 0.1) is 6.54 Å². The largest absolute Gasteiger partial charge is 0.340 e. The lowest BCUT2D eigenvalue weighted by atomic mass is 10.2. The molecule has 0 radical (unpaired) electrons. The van der Waals surface area contributed by atoms with Crippen LogP contribution in [0.5, 0.6) is 0 Å². The van der Waals surface area contributed by atoms with Gasteiger partial charge in [0.15, 0.2) is 0 Å². The SMILES string of the molecule is CCCCN(CC)CC(=O)N(C)Cc1ccccc1F. The standard InChI is InChI=1S/C16H25FN2O/c1-4-6-11-19(5-2)13-16(20)18(3)12-14-9-7-8-10-15(14)17/h7-10H,4-6,11-13H2,1-3H3. The number of unbranched alkanes of at least 4 members (excludes halogenated alkanes) is 1. The third kappa shape index (κ3) is 5.29. The summed E-state index contributed by atoms with van der Waals surface area (Å²) in [5.74, 6) is -0.225. The van der Waals surface area contributed by atoms with Crippen molar-refractivity contribution in [3.63, 3.8) is 0 Å². The molecule has 112 valence electrons. The molecule has 0 spiro atoms. The molecule has 0 saturated carbocycles. The van der Waals surface area contributed by atoms with E-state index in [0.29, 0.717) is 18.7 Å². The molecule has 1 aromatic rings. The van der Waals surface area contributed by atoms with Crippen molar-refractivity contribution in [2.45, 2.75) is 33.2 Å². The second-order valence-electron chi connectivity index (χ2n) is 5.06. The molecular formula is C16H25FN2O. The van der Waals surface area contributed by atoms with Gasteiger partial charge in [0, 0.05) is 19.2 Å². The highest BCUT2D eigenvalue weighted by Crippen LogP contribution is 2.09. The molecule has 0 heterocycles. The smallest absolute Gasteiger partial charge is 0.236 e. The summed E-state index contributed by atoms with van der Waals surface area (Å²) in [5, 5.41) is 0. The number of hydrogen-bond donors (Lipinski definition) is 0. The number of nitrogens with zero attached hydrogens (tertiary/aromatic N) is 2. The quantitative estimate of drug-likeness (QED) is 0.731. The van der Waals surface area contributed by atoms with E-state index in [-0.39, 0.29) is 11.7 Å². The molecule has 0 N–H and O–H groups in total. The van der Waals surface area contributed by atoms with E-state index in [9.17, 15) is 9.18 Å². The van der Waals surface area contributed by atoms with E-state index in [1.54, 1.807) is 30.1 Å². The zero-order valence-corrected chi connectivity index (χ0v) is 12.7. The molecule has 0 aliphatic carbocycles. The average Bonchev–Trinajstić information content (AvgIpc) is 2.45.